The first kappa shape index (κ1) is 43.1. The Morgan fingerprint density at radius 3 is 2.13 bits per heavy atom. The molecular formula is C39H66N6O7. The summed E-state index contributed by atoms with van der Waals surface area (Å²) in [5.74, 6) is -2.52. The minimum atomic E-state index is -1.32. The minimum absolute atomic E-state index is 0.0412. The van der Waals surface area contributed by atoms with Gasteiger partial charge in [-0.1, -0.05) is 86.6 Å². The van der Waals surface area contributed by atoms with E-state index in [1.54, 1.807) is 4.90 Å². The van der Waals surface area contributed by atoms with Gasteiger partial charge in [-0.2, -0.15) is 0 Å². The van der Waals surface area contributed by atoms with E-state index < -0.39 is 53.5 Å². The first-order valence-electron chi connectivity index (χ1n) is 19.5. The molecule has 3 rings (SSSR count). The summed E-state index contributed by atoms with van der Waals surface area (Å²) in [5, 5.41) is 23.5. The lowest BCUT2D eigenvalue weighted by atomic mass is 9.75. The Bertz CT molecular complexity index is 1270. The summed E-state index contributed by atoms with van der Waals surface area (Å²) in [6.45, 7) is 18.1. The van der Waals surface area contributed by atoms with Gasteiger partial charge < -0.3 is 26.0 Å². The van der Waals surface area contributed by atoms with Crippen molar-refractivity contribution in [3.8, 4) is 0 Å². The van der Waals surface area contributed by atoms with Crippen LogP contribution in [0.25, 0.3) is 0 Å². The molecule has 294 valence electrons. The molecule has 0 radical (unpaired) electrons. The Kier molecular flexibility index (Phi) is 15.9. The molecule has 3 aliphatic rings. The Balaban J connectivity index is 1.90. The number of rotatable bonds is 16. The highest BCUT2D eigenvalue weighted by Gasteiger charge is 2.49. The largest absolute Gasteiger partial charge is 0.376 e. The molecule has 5 N–H and O–H groups in total. The number of urea groups is 1. The number of aliphatic hydroxyl groups excluding tert-OH is 1. The van der Waals surface area contributed by atoms with Crippen LogP contribution in [0.1, 0.15) is 126 Å². The third-order valence-electron chi connectivity index (χ3n) is 11.1. The Labute approximate surface area is 310 Å². The fourth-order valence-corrected chi connectivity index (χ4v) is 7.91. The van der Waals surface area contributed by atoms with E-state index in [0.717, 1.165) is 38.5 Å². The highest BCUT2D eigenvalue weighted by Crippen LogP contribution is 2.41. The second kappa shape index (κ2) is 19.1. The van der Waals surface area contributed by atoms with Crippen molar-refractivity contribution < 1.29 is 33.9 Å². The number of amides is 6. The number of aliphatic hydroxyl groups is 1. The monoisotopic (exact) mass is 730 g/mol. The quantitative estimate of drug-likeness (QED) is 0.0690. The van der Waals surface area contributed by atoms with Gasteiger partial charge in [0.25, 0.3) is 5.91 Å². The summed E-state index contributed by atoms with van der Waals surface area (Å²) in [4.78, 5) is 82.8. The normalized spacial score (nSPS) is 22.7. The molecule has 2 unspecified atom stereocenters. The highest BCUT2D eigenvalue weighted by molar-refractivity contribution is 6.38. The first-order valence-corrected chi connectivity index (χ1v) is 19.5. The third kappa shape index (κ3) is 11.6. The number of nitrogens with one attached hydrogen (secondary N) is 4. The van der Waals surface area contributed by atoms with Crippen LogP contribution in [0.4, 0.5) is 4.79 Å². The topological polar surface area (TPSA) is 177 Å². The van der Waals surface area contributed by atoms with Crippen molar-refractivity contribution in [2.24, 2.45) is 22.7 Å². The van der Waals surface area contributed by atoms with Crippen LogP contribution in [0.5, 0.6) is 0 Å². The maximum Gasteiger partial charge on any atom is 0.315 e. The Hall–Kier alpha value is -3.32. The fraction of sp³-hybridized carbons (Fsp3) is 0.795. The summed E-state index contributed by atoms with van der Waals surface area (Å²) < 4.78 is 0. The third-order valence-corrected chi connectivity index (χ3v) is 11.1. The number of imide groups is 1. The van der Waals surface area contributed by atoms with Gasteiger partial charge in [0.15, 0.2) is 0 Å². The van der Waals surface area contributed by atoms with Gasteiger partial charge >= 0.3 is 6.03 Å². The van der Waals surface area contributed by atoms with Crippen LogP contribution in [0.15, 0.2) is 12.7 Å². The number of unbranched alkanes of at least 4 members (excludes halogenated alkanes) is 1. The van der Waals surface area contributed by atoms with Gasteiger partial charge in [-0.05, 0) is 54.8 Å². The number of hydrogen-bond acceptors (Lipinski definition) is 8. The van der Waals surface area contributed by atoms with E-state index in [1.807, 2.05) is 27.7 Å². The molecule has 0 aromatic heterocycles. The maximum absolute atomic E-state index is 14.8. The molecular weight excluding hydrogens is 664 g/mol. The summed E-state index contributed by atoms with van der Waals surface area (Å²) in [7, 11) is 0. The van der Waals surface area contributed by atoms with E-state index in [2.05, 4.69) is 48.6 Å². The summed E-state index contributed by atoms with van der Waals surface area (Å²) in [5.41, 5.74) is -0.829. The van der Waals surface area contributed by atoms with Crippen LogP contribution in [0.2, 0.25) is 0 Å². The van der Waals surface area contributed by atoms with Crippen molar-refractivity contribution in [1.82, 2.24) is 31.1 Å². The molecule has 1 saturated carbocycles. The fourth-order valence-electron chi connectivity index (χ4n) is 7.91. The molecule has 0 spiro atoms. The van der Waals surface area contributed by atoms with Gasteiger partial charge in [0, 0.05) is 32.5 Å². The van der Waals surface area contributed by atoms with Gasteiger partial charge in [-0.15, -0.1) is 6.58 Å². The van der Waals surface area contributed by atoms with Crippen molar-refractivity contribution in [3.63, 3.8) is 0 Å². The van der Waals surface area contributed by atoms with Gasteiger partial charge in [0.1, 0.15) is 12.3 Å². The second-order valence-electron chi connectivity index (χ2n) is 17.1. The van der Waals surface area contributed by atoms with E-state index in [0.29, 0.717) is 32.2 Å². The van der Waals surface area contributed by atoms with E-state index in [-0.39, 0.29) is 60.9 Å². The van der Waals surface area contributed by atoms with Crippen LogP contribution >= 0.6 is 0 Å². The molecule has 2 heterocycles. The van der Waals surface area contributed by atoms with Crippen molar-refractivity contribution in [3.05, 3.63) is 12.7 Å². The molecule has 2 aliphatic heterocycles. The molecule has 0 bridgehead atoms. The van der Waals surface area contributed by atoms with Crippen molar-refractivity contribution in [2.45, 2.75) is 156 Å². The number of carbonyl (C=O) groups excluding carboxylic acids is 6. The number of ketones is 1. The average Bonchev–Trinajstić information content (AvgIpc) is 3.55. The number of nitrogens with zero attached hydrogens (tertiary/aromatic N) is 2. The lowest BCUT2D eigenvalue weighted by Gasteiger charge is -2.41. The molecule has 3 fully saturated rings. The average molecular weight is 731 g/mol. The molecule has 13 nitrogen and oxygen atoms in total. The van der Waals surface area contributed by atoms with Crippen LogP contribution < -0.4 is 21.3 Å². The molecule has 13 heteroatoms. The Morgan fingerprint density at radius 2 is 1.58 bits per heavy atom. The van der Waals surface area contributed by atoms with Crippen LogP contribution in [-0.2, 0) is 24.0 Å². The SMILES string of the molecule is C=CCNC(=O)C(=O)C(CCCC)NC(O)[C@@H]1[C@@H](C(C)(C)C)CCN1C(=O)[C@@H](NC(=O)N[C@H](CN1C(=O)CCCC1=O)C(C)(C)C)C1CCCCC1. The summed E-state index contributed by atoms with van der Waals surface area (Å²) >= 11 is 0. The highest BCUT2D eigenvalue weighted by atomic mass is 16.3. The predicted molar refractivity (Wildman–Crippen MR) is 200 cm³/mol. The Morgan fingerprint density at radius 1 is 0.942 bits per heavy atom. The summed E-state index contributed by atoms with van der Waals surface area (Å²) in [6, 6.07) is -3.69. The van der Waals surface area contributed by atoms with E-state index in [9.17, 15) is 33.9 Å². The molecule has 6 amide bonds. The number of hydrogen-bond donors (Lipinski definition) is 5. The smallest absolute Gasteiger partial charge is 0.315 e. The van der Waals surface area contributed by atoms with E-state index in [4.69, 9.17) is 0 Å². The zero-order valence-electron chi connectivity index (χ0n) is 32.7. The number of likely N-dealkylation sites (tertiary alicyclic amines) is 2. The molecule has 6 atom stereocenters. The molecule has 2 saturated heterocycles. The second-order valence-corrected chi connectivity index (χ2v) is 17.1. The zero-order chi connectivity index (χ0) is 38.8. The van der Waals surface area contributed by atoms with E-state index in [1.165, 1.54) is 11.0 Å². The van der Waals surface area contributed by atoms with Crippen molar-refractivity contribution >= 4 is 35.4 Å². The van der Waals surface area contributed by atoms with Gasteiger partial charge in [-0.25, -0.2) is 4.79 Å². The lowest BCUT2D eigenvalue weighted by molar-refractivity contribution is -0.148. The molecule has 0 aromatic carbocycles. The lowest BCUT2D eigenvalue weighted by Crippen LogP contribution is -2.63. The van der Waals surface area contributed by atoms with Gasteiger partial charge in [0.05, 0.1) is 18.1 Å². The van der Waals surface area contributed by atoms with Crippen molar-refractivity contribution in [1.29, 1.82) is 0 Å². The van der Waals surface area contributed by atoms with Crippen LogP contribution in [0.3, 0.4) is 0 Å². The maximum atomic E-state index is 14.8. The number of Topliss-reactive ketones (excluding diaryl/α,β-unsaturated/α-hetero) is 1. The standard InChI is InChI=1S/C39H66N6O7/c1-9-11-18-27(33(48)35(50)40-22-10-2)41-34(49)32-26(38(3,4)5)21-23-44(32)36(51)31(25-16-13-12-14-17-25)43-37(52)42-28(39(6,7)8)24-45-29(46)19-15-20-30(45)47/h10,25-28,31-32,34,41,49H,2,9,11-24H2,1,3-8H3,(H,40,50)(H2,42,43,52)/t26-,27?,28+,31-,32-,34?/m0/s1. The van der Waals surface area contributed by atoms with Gasteiger partial charge in [0.2, 0.25) is 23.5 Å². The van der Waals surface area contributed by atoms with Crippen LogP contribution in [0, 0.1) is 22.7 Å². The first-order chi connectivity index (χ1) is 24.4. The van der Waals surface area contributed by atoms with Crippen LogP contribution in [-0.4, -0.2) is 100 Å². The van der Waals surface area contributed by atoms with Crippen molar-refractivity contribution in [2.75, 3.05) is 19.6 Å². The predicted octanol–water partition coefficient (Wildman–Crippen LogP) is 3.79. The molecule has 0 aromatic rings. The molecule has 52 heavy (non-hydrogen) atoms. The number of piperidine rings is 1. The van der Waals surface area contributed by atoms with E-state index >= 15 is 0 Å². The summed E-state index contributed by atoms with van der Waals surface area (Å²) in [6.07, 6.45) is 8.05. The molecule has 1 aliphatic carbocycles. The zero-order valence-corrected chi connectivity index (χ0v) is 32.7. The number of carbonyl (C=O) groups is 6. The van der Waals surface area contributed by atoms with Gasteiger partial charge in [-0.3, -0.25) is 34.2 Å². The minimum Gasteiger partial charge on any atom is -0.376 e.